The van der Waals surface area contributed by atoms with Gasteiger partial charge in [-0.2, -0.15) is 0 Å². The molecule has 0 saturated carbocycles. The third kappa shape index (κ3) is 9.83. The summed E-state index contributed by atoms with van der Waals surface area (Å²) in [4.78, 5) is 26.2. The average Bonchev–Trinajstić information content (AvgIpc) is 3.28. The first kappa shape index (κ1) is 26.5. The lowest BCUT2D eigenvalue weighted by atomic mass is 9.80. The Hall–Kier alpha value is 0.290. The fourth-order valence-electron chi connectivity index (χ4n) is 3.97. The Bertz CT molecular complexity index is 513. The lowest BCUT2D eigenvalue weighted by Gasteiger charge is -2.40. The number of unbranched alkanes of at least 4 members (excludes halogenated alkanes) is 3. The quantitative estimate of drug-likeness (QED) is 0.183. The summed E-state index contributed by atoms with van der Waals surface area (Å²) in [5.41, 5.74) is -0.190. The molecule has 0 aromatic carbocycles. The first-order valence-electron chi connectivity index (χ1n) is 11.3. The highest BCUT2D eigenvalue weighted by Crippen LogP contribution is 2.39. The summed E-state index contributed by atoms with van der Waals surface area (Å²) in [5, 5.41) is 13.5. The summed E-state index contributed by atoms with van der Waals surface area (Å²) in [6.45, 7) is 2.77. The van der Waals surface area contributed by atoms with E-state index >= 15 is 0 Å². The molecule has 2 rings (SSSR count). The summed E-state index contributed by atoms with van der Waals surface area (Å²) in [7, 11) is 3.99. The molecule has 0 unspecified atom stereocenters. The zero-order valence-electron chi connectivity index (χ0n) is 17.9. The van der Waals surface area contributed by atoms with E-state index in [9.17, 15) is 14.7 Å². The standard InChI is InChI=1S/C21H37IN2O4S2/c22-28-17-21(16-25)10-13-24(14-11-21)20(27)8-2-1-5-12-23-19(26)7-4-3-6-18-9-15-29-30-18/h18,25H,1-17H2,(H,23,26)/t18-/m1/s1. The van der Waals surface area contributed by atoms with Crippen LogP contribution >= 0.6 is 44.6 Å². The molecule has 0 radical (unpaired) electrons. The maximum Gasteiger partial charge on any atom is 0.222 e. The monoisotopic (exact) mass is 572 g/mol. The Morgan fingerprint density at radius 1 is 1.13 bits per heavy atom. The van der Waals surface area contributed by atoms with Crippen molar-refractivity contribution in [2.24, 2.45) is 5.41 Å². The Kier molecular flexibility index (Phi) is 13.4. The largest absolute Gasteiger partial charge is 0.396 e. The van der Waals surface area contributed by atoms with E-state index in [1.165, 1.54) is 18.6 Å². The van der Waals surface area contributed by atoms with E-state index in [4.69, 9.17) is 3.07 Å². The highest BCUT2D eigenvalue weighted by Gasteiger charge is 2.35. The molecule has 30 heavy (non-hydrogen) atoms. The van der Waals surface area contributed by atoms with Crippen LogP contribution in [0.3, 0.4) is 0 Å². The predicted octanol–water partition coefficient (Wildman–Crippen LogP) is 4.34. The average molecular weight is 573 g/mol. The van der Waals surface area contributed by atoms with Crippen molar-refractivity contribution in [1.29, 1.82) is 0 Å². The second-order valence-electron chi connectivity index (χ2n) is 8.53. The van der Waals surface area contributed by atoms with Crippen LogP contribution in [-0.2, 0) is 12.7 Å². The van der Waals surface area contributed by atoms with Crippen LogP contribution in [0.15, 0.2) is 0 Å². The van der Waals surface area contributed by atoms with Crippen LogP contribution in [0.2, 0.25) is 0 Å². The molecule has 0 aromatic rings. The van der Waals surface area contributed by atoms with Gasteiger partial charge in [-0.25, -0.2) is 0 Å². The van der Waals surface area contributed by atoms with Crippen LogP contribution in [0.4, 0.5) is 0 Å². The third-order valence-corrected chi connectivity index (χ3v) is 9.49. The Labute approximate surface area is 203 Å². The molecule has 2 amide bonds. The highest BCUT2D eigenvalue weighted by atomic mass is 127. The molecule has 2 heterocycles. The minimum atomic E-state index is -0.190. The molecule has 0 bridgehead atoms. The first-order chi connectivity index (χ1) is 14.6. The number of nitrogens with one attached hydrogen (secondary N) is 1. The number of amides is 2. The van der Waals surface area contributed by atoms with Crippen molar-refractivity contribution in [1.82, 2.24) is 10.2 Å². The number of rotatable bonds is 14. The van der Waals surface area contributed by atoms with Gasteiger partial charge in [0.15, 0.2) is 0 Å². The van der Waals surface area contributed by atoms with Crippen molar-refractivity contribution in [2.45, 2.75) is 75.9 Å². The van der Waals surface area contributed by atoms with Gasteiger partial charge in [-0.3, -0.25) is 9.59 Å². The van der Waals surface area contributed by atoms with E-state index < -0.39 is 0 Å². The van der Waals surface area contributed by atoms with Gasteiger partial charge in [0.25, 0.3) is 0 Å². The number of hydrogen-bond donors (Lipinski definition) is 2. The summed E-state index contributed by atoms with van der Waals surface area (Å²) in [6, 6.07) is 0. The van der Waals surface area contributed by atoms with Crippen molar-refractivity contribution in [3.05, 3.63) is 0 Å². The maximum absolute atomic E-state index is 12.4. The highest BCUT2D eigenvalue weighted by molar-refractivity contribution is 14.1. The minimum Gasteiger partial charge on any atom is -0.396 e. The molecule has 2 saturated heterocycles. The topological polar surface area (TPSA) is 78.9 Å². The summed E-state index contributed by atoms with van der Waals surface area (Å²) < 4.78 is 5.21. The molecule has 2 aliphatic rings. The number of carbonyl (C=O) groups is 2. The van der Waals surface area contributed by atoms with Crippen molar-refractivity contribution in [3.63, 3.8) is 0 Å². The molecule has 2 N–H and O–H groups in total. The molecule has 2 aliphatic heterocycles. The normalized spacial score (nSPS) is 21.0. The molecule has 0 spiro atoms. The Morgan fingerprint density at radius 3 is 2.57 bits per heavy atom. The zero-order chi connectivity index (χ0) is 21.7. The fraction of sp³-hybridized carbons (Fsp3) is 0.905. The molecule has 0 aliphatic carbocycles. The molecule has 6 nitrogen and oxygen atoms in total. The molecular formula is C21H37IN2O4S2. The second kappa shape index (κ2) is 15.2. The number of nitrogens with zero attached hydrogens (tertiary/aromatic N) is 1. The third-order valence-electron chi connectivity index (χ3n) is 6.17. The number of hydrogen-bond acceptors (Lipinski definition) is 6. The van der Waals surface area contributed by atoms with E-state index in [2.05, 4.69) is 5.32 Å². The number of aliphatic hydroxyl groups is 1. The van der Waals surface area contributed by atoms with Crippen LogP contribution in [0.1, 0.15) is 70.6 Å². The van der Waals surface area contributed by atoms with Crippen LogP contribution in [0.25, 0.3) is 0 Å². The SMILES string of the molecule is O=C(CCCC[C@@H]1CCSS1)NCCCCCC(=O)N1CCC(CO)(COI)CC1. The van der Waals surface area contributed by atoms with Crippen LogP contribution in [0.5, 0.6) is 0 Å². The van der Waals surface area contributed by atoms with Gasteiger partial charge in [0.1, 0.15) is 23.0 Å². The van der Waals surface area contributed by atoms with E-state index in [1.54, 1.807) is 0 Å². The van der Waals surface area contributed by atoms with E-state index in [1.807, 2.05) is 49.5 Å². The van der Waals surface area contributed by atoms with Gasteiger partial charge in [0, 0.05) is 48.9 Å². The lowest BCUT2D eigenvalue weighted by Crippen LogP contribution is -2.46. The number of carbonyl (C=O) groups excluding carboxylic acids is 2. The minimum absolute atomic E-state index is 0.114. The van der Waals surface area contributed by atoms with Crippen molar-refractivity contribution >= 4 is 56.4 Å². The second-order valence-corrected chi connectivity index (χ2v) is 11.9. The van der Waals surface area contributed by atoms with Crippen LogP contribution in [-0.4, -0.2) is 65.7 Å². The van der Waals surface area contributed by atoms with Gasteiger partial charge in [0.2, 0.25) is 11.8 Å². The number of halogens is 1. The molecule has 9 heteroatoms. The van der Waals surface area contributed by atoms with E-state index in [-0.39, 0.29) is 23.8 Å². The molecule has 1 atom stereocenters. The van der Waals surface area contributed by atoms with Gasteiger partial charge in [-0.15, -0.1) is 0 Å². The van der Waals surface area contributed by atoms with Gasteiger partial charge < -0.3 is 18.4 Å². The number of likely N-dealkylation sites (tertiary alicyclic amines) is 1. The van der Waals surface area contributed by atoms with E-state index in [0.29, 0.717) is 39.1 Å². The van der Waals surface area contributed by atoms with Gasteiger partial charge >= 0.3 is 0 Å². The lowest BCUT2D eigenvalue weighted by molar-refractivity contribution is -0.134. The smallest absolute Gasteiger partial charge is 0.222 e. The fourth-order valence-corrected chi connectivity index (χ4v) is 7.66. The van der Waals surface area contributed by atoms with Crippen LogP contribution < -0.4 is 5.32 Å². The summed E-state index contributed by atoms with van der Waals surface area (Å²) in [5.74, 6) is 1.65. The summed E-state index contributed by atoms with van der Waals surface area (Å²) in [6.07, 6.45) is 10.2. The Balaban J connectivity index is 1.43. The van der Waals surface area contributed by atoms with Crippen molar-refractivity contribution in [2.75, 3.05) is 38.6 Å². The Morgan fingerprint density at radius 2 is 1.90 bits per heavy atom. The van der Waals surface area contributed by atoms with Gasteiger partial charge in [0.05, 0.1) is 13.2 Å². The predicted molar refractivity (Wildman–Crippen MR) is 134 cm³/mol. The maximum atomic E-state index is 12.4. The van der Waals surface area contributed by atoms with Gasteiger partial charge in [-0.1, -0.05) is 34.4 Å². The first-order valence-corrected chi connectivity index (χ1v) is 14.5. The van der Waals surface area contributed by atoms with Gasteiger partial charge in [-0.05, 0) is 44.9 Å². The molecular weight excluding hydrogens is 535 g/mol. The molecule has 174 valence electrons. The van der Waals surface area contributed by atoms with Crippen molar-refractivity contribution < 1.29 is 17.8 Å². The molecule has 2 fully saturated rings. The number of piperidine rings is 1. The zero-order valence-corrected chi connectivity index (χ0v) is 21.7. The summed E-state index contributed by atoms with van der Waals surface area (Å²) >= 11 is 1.87. The van der Waals surface area contributed by atoms with E-state index in [0.717, 1.165) is 50.2 Å². The van der Waals surface area contributed by atoms with Crippen LogP contribution in [0, 0.1) is 5.41 Å². The van der Waals surface area contributed by atoms with Crippen molar-refractivity contribution in [3.8, 4) is 0 Å². The molecule has 0 aromatic heterocycles. The number of aliphatic hydroxyl groups excluding tert-OH is 1.